The van der Waals surface area contributed by atoms with E-state index in [0.29, 0.717) is 26.1 Å². The predicted molar refractivity (Wildman–Crippen MR) is 92.3 cm³/mol. The largest absolute Gasteiger partial charge is 0.279 e. The summed E-state index contributed by atoms with van der Waals surface area (Å²) in [5.74, 6) is 0.766. The third kappa shape index (κ3) is 3.50. The Bertz CT molecular complexity index is 795. The van der Waals surface area contributed by atoms with Crippen LogP contribution in [0.25, 0.3) is 5.82 Å². The second kappa shape index (κ2) is 7.00. The molecule has 0 atom stereocenters. The van der Waals surface area contributed by atoms with Crippen molar-refractivity contribution in [2.45, 2.75) is 33.1 Å². The molecule has 1 aliphatic rings. The van der Waals surface area contributed by atoms with Gasteiger partial charge in [-0.3, -0.25) is 0 Å². The fourth-order valence-electron chi connectivity index (χ4n) is 3.06. The highest BCUT2D eigenvalue weighted by molar-refractivity contribution is 7.87. The van der Waals surface area contributed by atoms with Crippen LogP contribution in [0.4, 0.5) is 0 Å². The first kappa shape index (κ1) is 17.1. The van der Waals surface area contributed by atoms with E-state index in [1.807, 2.05) is 32.0 Å². The maximum absolute atomic E-state index is 12.2. The van der Waals surface area contributed by atoms with Gasteiger partial charge in [-0.15, -0.1) is 0 Å². The van der Waals surface area contributed by atoms with Crippen LogP contribution >= 0.6 is 0 Å². The highest BCUT2D eigenvalue weighted by Gasteiger charge is 2.24. The van der Waals surface area contributed by atoms with Crippen LogP contribution in [0.2, 0.25) is 0 Å². The SMILES string of the molecule is Cc1nn(-c2ccccn2)c(C)c1CCNS(=O)(=O)N1CCCC1. The van der Waals surface area contributed by atoms with E-state index in [-0.39, 0.29) is 0 Å². The summed E-state index contributed by atoms with van der Waals surface area (Å²) in [6.45, 7) is 5.53. The molecule has 0 spiro atoms. The average molecular weight is 349 g/mol. The summed E-state index contributed by atoms with van der Waals surface area (Å²) in [4.78, 5) is 4.32. The highest BCUT2D eigenvalue weighted by Crippen LogP contribution is 2.17. The molecule has 2 aromatic heterocycles. The van der Waals surface area contributed by atoms with Gasteiger partial charge in [0.05, 0.1) is 5.69 Å². The number of nitrogens with zero attached hydrogens (tertiary/aromatic N) is 4. The fraction of sp³-hybridized carbons (Fsp3) is 0.500. The smallest absolute Gasteiger partial charge is 0.237 e. The first-order valence-electron chi connectivity index (χ1n) is 8.20. The van der Waals surface area contributed by atoms with E-state index in [1.54, 1.807) is 10.9 Å². The monoisotopic (exact) mass is 349 g/mol. The maximum Gasteiger partial charge on any atom is 0.279 e. The number of hydrogen-bond donors (Lipinski definition) is 1. The van der Waals surface area contributed by atoms with E-state index in [2.05, 4.69) is 14.8 Å². The molecular weight excluding hydrogens is 326 g/mol. The molecule has 1 aliphatic heterocycles. The average Bonchev–Trinajstić information content (AvgIpc) is 3.20. The Morgan fingerprint density at radius 3 is 2.62 bits per heavy atom. The zero-order valence-electron chi connectivity index (χ0n) is 14.1. The minimum absolute atomic E-state index is 0.369. The summed E-state index contributed by atoms with van der Waals surface area (Å²) in [7, 11) is -3.36. The van der Waals surface area contributed by atoms with Gasteiger partial charge in [0.15, 0.2) is 5.82 Å². The Morgan fingerprint density at radius 1 is 1.21 bits per heavy atom. The van der Waals surface area contributed by atoms with Crippen LogP contribution < -0.4 is 4.72 Å². The zero-order chi connectivity index (χ0) is 17.2. The molecule has 7 nitrogen and oxygen atoms in total. The number of pyridine rings is 1. The zero-order valence-corrected chi connectivity index (χ0v) is 14.9. The quantitative estimate of drug-likeness (QED) is 0.854. The summed E-state index contributed by atoms with van der Waals surface area (Å²) in [5, 5.41) is 4.54. The van der Waals surface area contributed by atoms with Crippen molar-refractivity contribution >= 4 is 10.2 Å². The minimum atomic E-state index is -3.36. The van der Waals surface area contributed by atoms with E-state index in [1.165, 1.54) is 4.31 Å². The van der Waals surface area contributed by atoms with Crippen LogP contribution in [-0.2, 0) is 16.6 Å². The lowest BCUT2D eigenvalue weighted by Gasteiger charge is -2.16. The van der Waals surface area contributed by atoms with Crippen molar-refractivity contribution in [3.63, 3.8) is 0 Å². The van der Waals surface area contributed by atoms with Crippen molar-refractivity contribution in [2.24, 2.45) is 0 Å². The van der Waals surface area contributed by atoms with Gasteiger partial charge in [-0.2, -0.15) is 17.8 Å². The minimum Gasteiger partial charge on any atom is -0.237 e. The van der Waals surface area contributed by atoms with Crippen molar-refractivity contribution < 1.29 is 8.42 Å². The Kier molecular flexibility index (Phi) is 4.98. The molecule has 24 heavy (non-hydrogen) atoms. The number of rotatable bonds is 6. The third-order valence-electron chi connectivity index (χ3n) is 4.37. The van der Waals surface area contributed by atoms with Gasteiger partial charge in [0, 0.05) is 31.5 Å². The summed E-state index contributed by atoms with van der Waals surface area (Å²) in [6.07, 6.45) is 4.22. The van der Waals surface area contributed by atoms with Crippen molar-refractivity contribution in [2.75, 3.05) is 19.6 Å². The number of hydrogen-bond acceptors (Lipinski definition) is 4. The molecule has 3 heterocycles. The number of nitrogens with one attached hydrogen (secondary N) is 1. The lowest BCUT2D eigenvalue weighted by molar-refractivity contribution is 0.465. The van der Waals surface area contributed by atoms with Crippen molar-refractivity contribution in [1.29, 1.82) is 0 Å². The van der Waals surface area contributed by atoms with E-state index in [4.69, 9.17) is 0 Å². The molecule has 2 aromatic rings. The molecule has 0 radical (unpaired) electrons. The first-order chi connectivity index (χ1) is 11.5. The molecule has 1 N–H and O–H groups in total. The number of aromatic nitrogens is 3. The van der Waals surface area contributed by atoms with Gasteiger partial charge in [0.1, 0.15) is 0 Å². The van der Waals surface area contributed by atoms with Crippen LogP contribution in [-0.4, -0.2) is 47.1 Å². The fourth-order valence-corrected chi connectivity index (χ4v) is 4.35. The van der Waals surface area contributed by atoms with Crippen molar-refractivity contribution in [3.8, 4) is 5.82 Å². The van der Waals surface area contributed by atoms with Crippen LogP contribution in [0.3, 0.4) is 0 Å². The Balaban J connectivity index is 1.69. The normalized spacial score (nSPS) is 15.9. The molecule has 3 rings (SSSR count). The first-order valence-corrected chi connectivity index (χ1v) is 9.64. The van der Waals surface area contributed by atoms with Gasteiger partial charge >= 0.3 is 0 Å². The maximum atomic E-state index is 12.2. The molecule has 130 valence electrons. The van der Waals surface area contributed by atoms with Crippen LogP contribution in [0.15, 0.2) is 24.4 Å². The topological polar surface area (TPSA) is 80.1 Å². The van der Waals surface area contributed by atoms with Crippen molar-refractivity contribution in [3.05, 3.63) is 41.3 Å². The van der Waals surface area contributed by atoms with Crippen LogP contribution in [0.5, 0.6) is 0 Å². The predicted octanol–water partition coefficient (Wildman–Crippen LogP) is 1.36. The summed E-state index contributed by atoms with van der Waals surface area (Å²) >= 11 is 0. The van der Waals surface area contributed by atoms with E-state index >= 15 is 0 Å². The third-order valence-corrected chi connectivity index (χ3v) is 5.99. The van der Waals surface area contributed by atoms with E-state index in [0.717, 1.165) is 35.6 Å². The highest BCUT2D eigenvalue weighted by atomic mass is 32.2. The summed E-state index contributed by atoms with van der Waals surface area (Å²) < 4.78 is 30.4. The molecule has 0 bridgehead atoms. The lowest BCUT2D eigenvalue weighted by atomic mass is 10.1. The standard InChI is InChI=1S/C16H23N5O2S/c1-13-15(8-10-18-24(22,23)20-11-5-6-12-20)14(2)21(19-13)16-7-3-4-9-17-16/h3-4,7,9,18H,5-6,8,10-12H2,1-2H3. The summed E-state index contributed by atoms with van der Waals surface area (Å²) in [6, 6.07) is 5.69. The van der Waals surface area contributed by atoms with Crippen LogP contribution in [0.1, 0.15) is 29.8 Å². The molecule has 0 aliphatic carbocycles. The number of aryl methyl sites for hydroxylation is 1. The van der Waals surface area contributed by atoms with Crippen molar-refractivity contribution in [1.82, 2.24) is 23.8 Å². The van der Waals surface area contributed by atoms with Gasteiger partial charge in [-0.05, 0) is 50.8 Å². The molecule has 0 unspecified atom stereocenters. The molecule has 0 aromatic carbocycles. The summed E-state index contributed by atoms with van der Waals surface area (Å²) in [5.41, 5.74) is 2.95. The molecule has 0 saturated carbocycles. The molecule has 8 heteroatoms. The lowest BCUT2D eigenvalue weighted by Crippen LogP contribution is -2.39. The van der Waals surface area contributed by atoms with E-state index in [9.17, 15) is 8.42 Å². The Labute approximate surface area is 142 Å². The van der Waals surface area contributed by atoms with E-state index < -0.39 is 10.2 Å². The Morgan fingerprint density at radius 2 is 1.96 bits per heavy atom. The molecule has 1 saturated heterocycles. The van der Waals surface area contributed by atoms with Gasteiger partial charge in [0.2, 0.25) is 0 Å². The second-order valence-corrected chi connectivity index (χ2v) is 7.76. The van der Waals surface area contributed by atoms with Gasteiger partial charge in [-0.25, -0.2) is 14.4 Å². The van der Waals surface area contributed by atoms with Gasteiger partial charge in [-0.1, -0.05) is 6.07 Å². The molecule has 1 fully saturated rings. The van der Waals surface area contributed by atoms with Crippen LogP contribution in [0, 0.1) is 13.8 Å². The van der Waals surface area contributed by atoms with Gasteiger partial charge in [0.25, 0.3) is 10.2 Å². The Hall–Kier alpha value is -1.77. The molecular formula is C16H23N5O2S. The second-order valence-electron chi connectivity index (χ2n) is 6.00. The molecule has 0 amide bonds. The van der Waals surface area contributed by atoms with Gasteiger partial charge < -0.3 is 0 Å².